The summed E-state index contributed by atoms with van der Waals surface area (Å²) >= 11 is 7.32. The zero-order chi connectivity index (χ0) is 20.4. The molecule has 1 saturated heterocycles. The minimum absolute atomic E-state index is 0.172. The molecule has 0 saturated carbocycles. The molecule has 0 bridgehead atoms. The van der Waals surface area contributed by atoms with Crippen molar-refractivity contribution in [2.45, 2.75) is 6.92 Å². The molecular formula is C21H22ClN5OS. The number of nitrogens with one attached hydrogen (secondary N) is 1. The molecule has 4 rings (SSSR count). The number of anilines is 2. The van der Waals surface area contributed by atoms with Crippen LogP contribution in [0.1, 0.15) is 15.4 Å². The molecule has 1 aromatic carbocycles. The Morgan fingerprint density at radius 2 is 1.83 bits per heavy atom. The van der Waals surface area contributed by atoms with Crippen molar-refractivity contribution in [3.05, 3.63) is 58.2 Å². The average Bonchev–Trinajstić information content (AvgIpc) is 3.11. The van der Waals surface area contributed by atoms with Crippen molar-refractivity contribution in [1.82, 2.24) is 14.9 Å². The highest BCUT2D eigenvalue weighted by Crippen LogP contribution is 2.29. The Morgan fingerprint density at radius 1 is 1.10 bits per heavy atom. The Hall–Kier alpha value is -2.48. The summed E-state index contributed by atoms with van der Waals surface area (Å²) in [5.41, 5.74) is 2.33. The van der Waals surface area contributed by atoms with E-state index in [-0.39, 0.29) is 5.91 Å². The summed E-state index contributed by atoms with van der Waals surface area (Å²) in [6.45, 7) is 5.83. The van der Waals surface area contributed by atoms with Crippen molar-refractivity contribution in [2.75, 3.05) is 43.4 Å². The third kappa shape index (κ3) is 4.58. The summed E-state index contributed by atoms with van der Waals surface area (Å²) in [6.07, 6.45) is 1.71. The van der Waals surface area contributed by atoms with Crippen LogP contribution in [0.15, 0.2) is 42.6 Å². The van der Waals surface area contributed by atoms with Gasteiger partial charge >= 0.3 is 0 Å². The van der Waals surface area contributed by atoms with Crippen molar-refractivity contribution < 1.29 is 4.79 Å². The van der Waals surface area contributed by atoms with Gasteiger partial charge in [-0.3, -0.25) is 4.79 Å². The van der Waals surface area contributed by atoms with Gasteiger partial charge in [0.1, 0.15) is 15.7 Å². The Morgan fingerprint density at radius 3 is 2.48 bits per heavy atom. The molecule has 1 aliphatic heterocycles. The smallest absolute Gasteiger partial charge is 0.267 e. The SMILES string of the molecule is Cc1nc(-c2ccc(Cl)cc2)sc1C(=O)Nc1ccc(N2CCN(C)CC2)nc1. The predicted molar refractivity (Wildman–Crippen MR) is 119 cm³/mol. The molecule has 2 aromatic heterocycles. The molecule has 8 heteroatoms. The van der Waals surface area contributed by atoms with Crippen molar-refractivity contribution in [3.8, 4) is 10.6 Å². The van der Waals surface area contributed by atoms with Crippen LogP contribution < -0.4 is 10.2 Å². The lowest BCUT2D eigenvalue weighted by Crippen LogP contribution is -2.44. The molecule has 1 amide bonds. The van der Waals surface area contributed by atoms with E-state index in [9.17, 15) is 4.79 Å². The van der Waals surface area contributed by atoms with Gasteiger partial charge in [0.05, 0.1) is 17.6 Å². The van der Waals surface area contributed by atoms with Crippen LogP contribution >= 0.6 is 22.9 Å². The maximum absolute atomic E-state index is 12.8. The van der Waals surface area contributed by atoms with Crippen LogP contribution in [0, 0.1) is 6.92 Å². The van der Waals surface area contributed by atoms with E-state index in [0.717, 1.165) is 42.6 Å². The highest BCUT2D eigenvalue weighted by molar-refractivity contribution is 7.17. The van der Waals surface area contributed by atoms with E-state index >= 15 is 0 Å². The Labute approximate surface area is 179 Å². The lowest BCUT2D eigenvalue weighted by Gasteiger charge is -2.33. The van der Waals surface area contributed by atoms with Gasteiger partial charge in [0.15, 0.2) is 0 Å². The summed E-state index contributed by atoms with van der Waals surface area (Å²) < 4.78 is 0. The zero-order valence-corrected chi connectivity index (χ0v) is 17.9. The second-order valence-corrected chi connectivity index (χ2v) is 8.53. The van der Waals surface area contributed by atoms with Gasteiger partial charge in [-0.25, -0.2) is 9.97 Å². The quantitative estimate of drug-likeness (QED) is 0.677. The fraction of sp³-hybridized carbons (Fsp3) is 0.286. The number of carbonyl (C=O) groups excluding carboxylic acids is 1. The van der Waals surface area contributed by atoms with Crippen LogP contribution in [-0.4, -0.2) is 54.0 Å². The molecule has 6 nitrogen and oxygen atoms in total. The van der Waals surface area contributed by atoms with E-state index in [1.165, 1.54) is 11.3 Å². The predicted octanol–water partition coefficient (Wildman–Crippen LogP) is 4.17. The van der Waals surface area contributed by atoms with Crippen molar-refractivity contribution in [2.24, 2.45) is 0 Å². The molecule has 1 aliphatic rings. The van der Waals surface area contributed by atoms with Gasteiger partial charge in [-0.2, -0.15) is 0 Å². The average molecular weight is 428 g/mol. The monoisotopic (exact) mass is 427 g/mol. The number of nitrogens with zero attached hydrogens (tertiary/aromatic N) is 4. The lowest BCUT2D eigenvalue weighted by atomic mass is 10.2. The van der Waals surface area contributed by atoms with Crippen molar-refractivity contribution in [3.63, 3.8) is 0 Å². The molecule has 150 valence electrons. The van der Waals surface area contributed by atoms with E-state index < -0.39 is 0 Å². The lowest BCUT2D eigenvalue weighted by molar-refractivity contribution is 0.103. The highest BCUT2D eigenvalue weighted by Gasteiger charge is 2.18. The molecule has 3 heterocycles. The molecule has 0 aliphatic carbocycles. The van der Waals surface area contributed by atoms with E-state index in [1.807, 2.05) is 43.3 Å². The number of benzene rings is 1. The Bertz CT molecular complexity index is 995. The number of aromatic nitrogens is 2. The number of pyridine rings is 1. The van der Waals surface area contributed by atoms with Gasteiger partial charge in [0.25, 0.3) is 5.91 Å². The highest BCUT2D eigenvalue weighted by atomic mass is 35.5. The third-order valence-electron chi connectivity index (χ3n) is 4.93. The minimum Gasteiger partial charge on any atom is -0.354 e. The maximum atomic E-state index is 12.8. The number of thiazole rings is 1. The number of aryl methyl sites for hydroxylation is 1. The number of hydrogen-bond acceptors (Lipinski definition) is 6. The van der Waals surface area contributed by atoms with Gasteiger partial charge in [0, 0.05) is 36.8 Å². The molecular weight excluding hydrogens is 406 g/mol. The summed E-state index contributed by atoms with van der Waals surface area (Å²) in [6, 6.07) is 11.3. The first-order valence-electron chi connectivity index (χ1n) is 9.44. The Balaban J connectivity index is 1.45. The summed E-state index contributed by atoms with van der Waals surface area (Å²) in [5, 5.41) is 4.40. The van der Waals surface area contributed by atoms with E-state index in [0.29, 0.717) is 21.3 Å². The molecule has 0 spiro atoms. The second kappa shape index (κ2) is 8.49. The number of likely N-dealkylation sites (N-methyl/N-ethyl adjacent to an activating group) is 1. The van der Waals surface area contributed by atoms with Crippen molar-refractivity contribution in [1.29, 1.82) is 0 Å². The van der Waals surface area contributed by atoms with E-state index in [4.69, 9.17) is 11.6 Å². The van der Waals surface area contributed by atoms with Gasteiger partial charge in [-0.05, 0) is 38.2 Å². The van der Waals surface area contributed by atoms with Crippen LogP contribution in [0.5, 0.6) is 0 Å². The molecule has 3 aromatic rings. The number of amides is 1. The number of halogens is 1. The molecule has 0 unspecified atom stereocenters. The first-order chi connectivity index (χ1) is 14.0. The molecule has 0 atom stereocenters. The second-order valence-electron chi connectivity index (χ2n) is 7.09. The largest absolute Gasteiger partial charge is 0.354 e. The van der Waals surface area contributed by atoms with Gasteiger partial charge in [-0.15, -0.1) is 11.3 Å². The van der Waals surface area contributed by atoms with Crippen LogP contribution in [0.25, 0.3) is 10.6 Å². The number of piperazine rings is 1. The number of rotatable bonds is 4. The van der Waals surface area contributed by atoms with Crippen molar-refractivity contribution >= 4 is 40.4 Å². The molecule has 1 N–H and O–H groups in total. The Kier molecular flexibility index (Phi) is 5.80. The minimum atomic E-state index is -0.172. The van der Waals surface area contributed by atoms with Gasteiger partial charge in [0.2, 0.25) is 0 Å². The first kappa shape index (κ1) is 19.8. The third-order valence-corrected chi connectivity index (χ3v) is 6.38. The van der Waals surface area contributed by atoms with E-state index in [2.05, 4.69) is 32.1 Å². The van der Waals surface area contributed by atoms with Crippen LogP contribution in [0.2, 0.25) is 5.02 Å². The standard InChI is InChI=1S/C21H22ClN5OS/c1-14-19(29-21(24-14)15-3-5-16(22)6-4-15)20(28)25-17-7-8-18(23-13-17)27-11-9-26(2)10-12-27/h3-8,13H,9-12H2,1-2H3,(H,25,28). The zero-order valence-electron chi connectivity index (χ0n) is 16.4. The topological polar surface area (TPSA) is 61.4 Å². The van der Waals surface area contributed by atoms with Gasteiger partial charge < -0.3 is 15.1 Å². The van der Waals surface area contributed by atoms with Crippen LogP contribution in [0.3, 0.4) is 0 Å². The maximum Gasteiger partial charge on any atom is 0.267 e. The molecule has 1 fully saturated rings. The van der Waals surface area contributed by atoms with Gasteiger partial charge in [-0.1, -0.05) is 23.7 Å². The fourth-order valence-corrected chi connectivity index (χ4v) is 4.29. The summed E-state index contributed by atoms with van der Waals surface area (Å²) in [5.74, 6) is 0.768. The molecule has 29 heavy (non-hydrogen) atoms. The van der Waals surface area contributed by atoms with Crippen LogP contribution in [0.4, 0.5) is 11.5 Å². The van der Waals surface area contributed by atoms with E-state index in [1.54, 1.807) is 6.20 Å². The van der Waals surface area contributed by atoms with Crippen LogP contribution in [-0.2, 0) is 0 Å². The summed E-state index contributed by atoms with van der Waals surface area (Å²) in [4.78, 5) is 27.0. The number of carbonyl (C=O) groups is 1. The fourth-order valence-electron chi connectivity index (χ4n) is 3.19. The molecule has 0 radical (unpaired) electrons. The summed E-state index contributed by atoms with van der Waals surface area (Å²) in [7, 11) is 2.13. The number of hydrogen-bond donors (Lipinski definition) is 1. The normalized spacial score (nSPS) is 14.8. The first-order valence-corrected chi connectivity index (χ1v) is 10.6.